The topological polar surface area (TPSA) is 12.0 Å². The van der Waals surface area contributed by atoms with E-state index in [1.807, 2.05) is 0 Å². The van der Waals surface area contributed by atoms with Crippen molar-refractivity contribution in [1.29, 1.82) is 0 Å². The highest BCUT2D eigenvalue weighted by Crippen LogP contribution is 2.32. The molecule has 0 heterocycles. The van der Waals surface area contributed by atoms with Crippen LogP contribution in [0.25, 0.3) is 0 Å². The molecule has 0 bridgehead atoms. The summed E-state index contributed by atoms with van der Waals surface area (Å²) in [4.78, 5) is 0. The van der Waals surface area contributed by atoms with Crippen molar-refractivity contribution in [2.75, 3.05) is 6.54 Å². The van der Waals surface area contributed by atoms with Gasteiger partial charge in [0.25, 0.3) is 0 Å². The first-order valence-corrected chi connectivity index (χ1v) is 8.73. The summed E-state index contributed by atoms with van der Waals surface area (Å²) >= 11 is 0. The van der Waals surface area contributed by atoms with Gasteiger partial charge in [0.15, 0.2) is 0 Å². The summed E-state index contributed by atoms with van der Waals surface area (Å²) in [6.07, 6.45) is 14.4. The Morgan fingerprint density at radius 1 is 0.895 bits per heavy atom. The van der Waals surface area contributed by atoms with Crippen molar-refractivity contribution in [2.24, 2.45) is 11.3 Å². The van der Waals surface area contributed by atoms with Gasteiger partial charge in [-0.3, -0.25) is 0 Å². The van der Waals surface area contributed by atoms with Crippen LogP contribution in [-0.2, 0) is 0 Å². The number of rotatable bonds is 3. The van der Waals surface area contributed by atoms with E-state index in [1.54, 1.807) is 0 Å². The molecule has 0 aliphatic heterocycles. The molecule has 1 atom stereocenters. The normalized spacial score (nSPS) is 26.7. The van der Waals surface area contributed by atoms with E-state index < -0.39 is 0 Å². The van der Waals surface area contributed by atoms with Crippen LogP contribution in [-0.4, -0.2) is 12.6 Å². The molecule has 1 saturated carbocycles. The number of hydrogen-bond donors (Lipinski definition) is 1. The van der Waals surface area contributed by atoms with Crippen LogP contribution in [0.3, 0.4) is 0 Å². The highest BCUT2D eigenvalue weighted by atomic mass is 14.9. The zero-order valence-electron chi connectivity index (χ0n) is 13.9. The molecule has 0 amide bonds. The summed E-state index contributed by atoms with van der Waals surface area (Å²) in [5.74, 6) is 0.904. The van der Waals surface area contributed by atoms with E-state index in [2.05, 4.69) is 33.0 Å². The summed E-state index contributed by atoms with van der Waals surface area (Å²) in [6, 6.07) is 0.634. The largest absolute Gasteiger partial charge is 0.314 e. The van der Waals surface area contributed by atoms with E-state index in [-0.39, 0.29) is 0 Å². The molecule has 0 spiro atoms. The van der Waals surface area contributed by atoms with E-state index in [1.165, 1.54) is 70.8 Å². The van der Waals surface area contributed by atoms with E-state index in [0.29, 0.717) is 11.5 Å². The third-order valence-corrected chi connectivity index (χ3v) is 4.76. The molecule has 1 nitrogen and oxygen atoms in total. The third kappa shape index (κ3) is 8.68. The monoisotopic (exact) mass is 267 g/mol. The fraction of sp³-hybridized carbons (Fsp3) is 1.00. The number of hydrogen-bond acceptors (Lipinski definition) is 1. The second-order valence-electron chi connectivity index (χ2n) is 7.79. The molecule has 1 rings (SSSR count). The molecule has 1 N–H and O–H groups in total. The van der Waals surface area contributed by atoms with Crippen molar-refractivity contribution < 1.29 is 0 Å². The van der Waals surface area contributed by atoms with Gasteiger partial charge in [-0.25, -0.2) is 0 Å². The molecular weight excluding hydrogens is 230 g/mol. The molecule has 1 aliphatic rings. The maximum absolute atomic E-state index is 3.65. The van der Waals surface area contributed by atoms with Gasteiger partial charge in [-0.05, 0) is 43.6 Å². The SMILES string of the molecule is CC(C)NCC1CCCCCCCCC(C)(C)CC1. The van der Waals surface area contributed by atoms with Gasteiger partial charge < -0.3 is 5.32 Å². The fourth-order valence-electron chi connectivity index (χ4n) is 3.21. The molecular formula is C18H37N. The van der Waals surface area contributed by atoms with Gasteiger partial charge >= 0.3 is 0 Å². The highest BCUT2D eigenvalue weighted by molar-refractivity contribution is 4.74. The van der Waals surface area contributed by atoms with Crippen LogP contribution in [0.2, 0.25) is 0 Å². The Bertz CT molecular complexity index is 220. The van der Waals surface area contributed by atoms with Crippen molar-refractivity contribution in [2.45, 2.75) is 97.9 Å². The zero-order valence-corrected chi connectivity index (χ0v) is 13.9. The average molecular weight is 268 g/mol. The van der Waals surface area contributed by atoms with Crippen LogP contribution in [0.4, 0.5) is 0 Å². The lowest BCUT2D eigenvalue weighted by molar-refractivity contribution is 0.248. The Morgan fingerprint density at radius 3 is 2.21 bits per heavy atom. The van der Waals surface area contributed by atoms with Crippen molar-refractivity contribution in [3.63, 3.8) is 0 Å². The van der Waals surface area contributed by atoms with E-state index >= 15 is 0 Å². The zero-order chi connectivity index (χ0) is 14.1. The first kappa shape index (κ1) is 17.0. The molecule has 1 unspecified atom stereocenters. The first-order chi connectivity index (χ1) is 8.99. The Balaban J connectivity index is 2.43. The summed E-state index contributed by atoms with van der Waals surface area (Å²) < 4.78 is 0. The molecule has 0 aromatic carbocycles. The van der Waals surface area contributed by atoms with Crippen LogP contribution in [0.15, 0.2) is 0 Å². The molecule has 0 aromatic rings. The quantitative estimate of drug-likeness (QED) is 0.707. The maximum atomic E-state index is 3.65. The summed E-state index contributed by atoms with van der Waals surface area (Å²) in [5.41, 5.74) is 0.565. The van der Waals surface area contributed by atoms with Gasteiger partial charge in [0.1, 0.15) is 0 Å². The molecule has 0 radical (unpaired) electrons. The fourth-order valence-corrected chi connectivity index (χ4v) is 3.21. The van der Waals surface area contributed by atoms with Gasteiger partial charge in [-0.2, -0.15) is 0 Å². The molecule has 1 fully saturated rings. The maximum Gasteiger partial charge on any atom is 0.00104 e. The molecule has 1 aliphatic carbocycles. The Morgan fingerprint density at radius 2 is 1.53 bits per heavy atom. The first-order valence-electron chi connectivity index (χ1n) is 8.73. The lowest BCUT2D eigenvalue weighted by Gasteiger charge is -2.28. The third-order valence-electron chi connectivity index (χ3n) is 4.76. The van der Waals surface area contributed by atoms with Gasteiger partial charge in [0.2, 0.25) is 0 Å². The van der Waals surface area contributed by atoms with Gasteiger partial charge in [-0.15, -0.1) is 0 Å². The van der Waals surface area contributed by atoms with E-state index in [9.17, 15) is 0 Å². The second-order valence-corrected chi connectivity index (χ2v) is 7.79. The lowest BCUT2D eigenvalue weighted by atomic mass is 9.79. The van der Waals surface area contributed by atoms with E-state index in [4.69, 9.17) is 0 Å². The molecule has 0 saturated heterocycles. The van der Waals surface area contributed by atoms with Crippen molar-refractivity contribution in [1.82, 2.24) is 5.32 Å². The lowest BCUT2D eigenvalue weighted by Crippen LogP contribution is -2.29. The minimum Gasteiger partial charge on any atom is -0.314 e. The van der Waals surface area contributed by atoms with Crippen LogP contribution >= 0.6 is 0 Å². The van der Waals surface area contributed by atoms with Gasteiger partial charge in [0.05, 0.1) is 0 Å². The second kappa shape index (κ2) is 9.00. The number of nitrogens with one attached hydrogen (secondary N) is 1. The molecule has 0 aromatic heterocycles. The van der Waals surface area contributed by atoms with Crippen LogP contribution in [0.5, 0.6) is 0 Å². The van der Waals surface area contributed by atoms with Crippen molar-refractivity contribution in [3.8, 4) is 0 Å². The van der Waals surface area contributed by atoms with Crippen LogP contribution in [0, 0.1) is 11.3 Å². The minimum absolute atomic E-state index is 0.565. The Labute approximate surface area is 121 Å². The smallest absolute Gasteiger partial charge is 0.00104 e. The molecule has 1 heteroatoms. The van der Waals surface area contributed by atoms with Gasteiger partial charge in [-0.1, -0.05) is 66.2 Å². The summed E-state index contributed by atoms with van der Waals surface area (Å²) in [7, 11) is 0. The Hall–Kier alpha value is -0.0400. The van der Waals surface area contributed by atoms with Crippen LogP contribution in [0.1, 0.15) is 91.9 Å². The predicted molar refractivity (Wildman–Crippen MR) is 86.6 cm³/mol. The predicted octanol–water partition coefficient (Wildman–Crippen LogP) is 5.54. The minimum atomic E-state index is 0.565. The summed E-state index contributed by atoms with van der Waals surface area (Å²) in [6.45, 7) is 10.7. The standard InChI is InChI=1S/C18H37N/c1-16(2)19-15-17-11-9-7-5-6-8-10-13-18(3,4)14-12-17/h16-17,19H,5-15H2,1-4H3. The van der Waals surface area contributed by atoms with Crippen molar-refractivity contribution in [3.05, 3.63) is 0 Å². The van der Waals surface area contributed by atoms with Crippen LogP contribution < -0.4 is 5.32 Å². The Kier molecular flexibility index (Phi) is 8.06. The summed E-state index contributed by atoms with van der Waals surface area (Å²) in [5, 5.41) is 3.65. The molecule has 114 valence electrons. The molecule has 19 heavy (non-hydrogen) atoms. The van der Waals surface area contributed by atoms with E-state index in [0.717, 1.165) is 5.92 Å². The highest BCUT2D eigenvalue weighted by Gasteiger charge is 2.20. The van der Waals surface area contributed by atoms with Gasteiger partial charge in [0, 0.05) is 6.04 Å². The van der Waals surface area contributed by atoms with Crippen molar-refractivity contribution >= 4 is 0 Å². The average Bonchev–Trinajstić information content (AvgIpc) is 2.33.